The van der Waals surface area contributed by atoms with E-state index in [1.54, 1.807) is 19.1 Å². The summed E-state index contributed by atoms with van der Waals surface area (Å²) in [5, 5.41) is 0. The zero-order valence-corrected chi connectivity index (χ0v) is 8.42. The van der Waals surface area contributed by atoms with E-state index >= 15 is 0 Å². The van der Waals surface area contributed by atoms with Crippen LogP contribution < -0.4 is 0 Å². The Balaban J connectivity index is 2.25. The highest BCUT2D eigenvalue weighted by Crippen LogP contribution is 2.08. The monoisotopic (exact) mass is 194 g/mol. The Bertz CT molecular complexity index is 290. The van der Waals surface area contributed by atoms with Gasteiger partial charge in [-0.25, -0.2) is 4.39 Å². The van der Waals surface area contributed by atoms with E-state index in [0.717, 1.165) is 24.8 Å². The van der Waals surface area contributed by atoms with Crippen molar-refractivity contribution in [2.75, 3.05) is 0 Å². The van der Waals surface area contributed by atoms with E-state index in [0.29, 0.717) is 6.42 Å². The Morgan fingerprint density at radius 1 is 1.21 bits per heavy atom. The van der Waals surface area contributed by atoms with Crippen LogP contribution in [0.25, 0.3) is 0 Å². The molecular formula is C12H15FO. The van der Waals surface area contributed by atoms with Gasteiger partial charge in [0.2, 0.25) is 0 Å². The Kier molecular flexibility index (Phi) is 4.30. The zero-order valence-electron chi connectivity index (χ0n) is 8.42. The summed E-state index contributed by atoms with van der Waals surface area (Å²) in [6.07, 6.45) is 3.49. The number of ketones is 1. The first kappa shape index (κ1) is 10.9. The van der Waals surface area contributed by atoms with Crippen LogP contribution in [0.4, 0.5) is 4.39 Å². The van der Waals surface area contributed by atoms with Crippen molar-refractivity contribution in [1.29, 1.82) is 0 Å². The lowest BCUT2D eigenvalue weighted by molar-refractivity contribution is -0.117. The molecule has 0 saturated heterocycles. The fourth-order valence-electron chi connectivity index (χ4n) is 1.35. The van der Waals surface area contributed by atoms with Crippen molar-refractivity contribution < 1.29 is 9.18 Å². The van der Waals surface area contributed by atoms with E-state index in [9.17, 15) is 9.18 Å². The minimum Gasteiger partial charge on any atom is -0.300 e. The van der Waals surface area contributed by atoms with Gasteiger partial charge in [0.15, 0.2) is 0 Å². The highest BCUT2D eigenvalue weighted by molar-refractivity contribution is 5.75. The maximum Gasteiger partial charge on any atom is 0.129 e. The van der Waals surface area contributed by atoms with Gasteiger partial charge in [0.1, 0.15) is 11.6 Å². The van der Waals surface area contributed by atoms with Gasteiger partial charge in [0, 0.05) is 6.42 Å². The van der Waals surface area contributed by atoms with Crippen LogP contribution in [-0.4, -0.2) is 5.78 Å². The van der Waals surface area contributed by atoms with Crippen LogP contribution in [0.15, 0.2) is 24.3 Å². The highest BCUT2D eigenvalue weighted by Gasteiger charge is 1.96. The van der Waals surface area contributed by atoms with Crippen LogP contribution in [0.1, 0.15) is 31.7 Å². The molecule has 0 heterocycles. The van der Waals surface area contributed by atoms with E-state index in [2.05, 4.69) is 0 Å². The number of benzene rings is 1. The number of unbranched alkanes of at least 4 members (excludes halogenated alkanes) is 1. The molecule has 0 unspecified atom stereocenters. The summed E-state index contributed by atoms with van der Waals surface area (Å²) >= 11 is 0. The van der Waals surface area contributed by atoms with E-state index in [-0.39, 0.29) is 11.6 Å². The number of carbonyl (C=O) groups is 1. The molecule has 0 aliphatic rings. The molecule has 76 valence electrons. The van der Waals surface area contributed by atoms with E-state index in [1.807, 2.05) is 0 Å². The van der Waals surface area contributed by atoms with Crippen LogP contribution in [0.3, 0.4) is 0 Å². The third-order valence-corrected chi connectivity index (χ3v) is 2.16. The van der Waals surface area contributed by atoms with Gasteiger partial charge in [-0.05, 0) is 43.9 Å². The third-order valence-electron chi connectivity index (χ3n) is 2.16. The molecule has 0 saturated carbocycles. The van der Waals surface area contributed by atoms with Crippen LogP contribution in [0.2, 0.25) is 0 Å². The molecule has 0 aliphatic heterocycles. The molecule has 0 spiro atoms. The fourth-order valence-corrected chi connectivity index (χ4v) is 1.35. The molecule has 0 amide bonds. The molecule has 0 radical (unpaired) electrons. The predicted molar refractivity (Wildman–Crippen MR) is 54.6 cm³/mol. The molecule has 0 atom stereocenters. The van der Waals surface area contributed by atoms with Gasteiger partial charge in [-0.2, -0.15) is 0 Å². The maximum absolute atomic E-state index is 12.5. The first-order valence-corrected chi connectivity index (χ1v) is 4.92. The van der Waals surface area contributed by atoms with Gasteiger partial charge in [-0.1, -0.05) is 12.1 Å². The predicted octanol–water partition coefficient (Wildman–Crippen LogP) is 3.13. The quantitative estimate of drug-likeness (QED) is 0.658. The van der Waals surface area contributed by atoms with E-state index < -0.39 is 0 Å². The summed E-state index contributed by atoms with van der Waals surface area (Å²) < 4.78 is 12.5. The molecule has 0 fully saturated rings. The Morgan fingerprint density at radius 2 is 1.86 bits per heavy atom. The largest absolute Gasteiger partial charge is 0.300 e. The van der Waals surface area contributed by atoms with Gasteiger partial charge >= 0.3 is 0 Å². The molecule has 1 aromatic carbocycles. The number of hydrogen-bond acceptors (Lipinski definition) is 1. The average molecular weight is 194 g/mol. The average Bonchev–Trinajstić information content (AvgIpc) is 2.15. The lowest BCUT2D eigenvalue weighted by atomic mass is 10.1. The highest BCUT2D eigenvalue weighted by atomic mass is 19.1. The molecular weight excluding hydrogens is 179 g/mol. The van der Waals surface area contributed by atoms with Crippen molar-refractivity contribution in [3.05, 3.63) is 35.6 Å². The van der Waals surface area contributed by atoms with Gasteiger partial charge in [0.05, 0.1) is 0 Å². The number of rotatable bonds is 5. The lowest BCUT2D eigenvalue weighted by Gasteiger charge is -2.00. The Morgan fingerprint density at radius 3 is 2.43 bits per heavy atom. The smallest absolute Gasteiger partial charge is 0.129 e. The summed E-state index contributed by atoms with van der Waals surface area (Å²) in [6.45, 7) is 1.61. The topological polar surface area (TPSA) is 17.1 Å². The molecule has 1 rings (SSSR count). The van der Waals surface area contributed by atoms with Gasteiger partial charge < -0.3 is 4.79 Å². The van der Waals surface area contributed by atoms with Crippen LogP contribution in [0.5, 0.6) is 0 Å². The van der Waals surface area contributed by atoms with E-state index in [1.165, 1.54) is 12.1 Å². The summed E-state index contributed by atoms with van der Waals surface area (Å²) in [5.74, 6) is 0.0431. The second-order valence-electron chi connectivity index (χ2n) is 3.54. The van der Waals surface area contributed by atoms with Crippen molar-refractivity contribution in [2.24, 2.45) is 0 Å². The number of hydrogen-bond donors (Lipinski definition) is 0. The third kappa shape index (κ3) is 4.17. The van der Waals surface area contributed by atoms with Crippen LogP contribution >= 0.6 is 0 Å². The van der Waals surface area contributed by atoms with Gasteiger partial charge in [-0.15, -0.1) is 0 Å². The van der Waals surface area contributed by atoms with Gasteiger partial charge in [-0.3, -0.25) is 0 Å². The molecule has 1 nitrogen and oxygen atoms in total. The molecule has 1 aromatic rings. The first-order chi connectivity index (χ1) is 6.68. The summed E-state index contributed by atoms with van der Waals surface area (Å²) in [4.78, 5) is 10.7. The lowest BCUT2D eigenvalue weighted by Crippen LogP contribution is -1.91. The second kappa shape index (κ2) is 5.53. The van der Waals surface area contributed by atoms with Crippen molar-refractivity contribution in [3.8, 4) is 0 Å². The van der Waals surface area contributed by atoms with E-state index in [4.69, 9.17) is 0 Å². The molecule has 14 heavy (non-hydrogen) atoms. The number of aryl methyl sites for hydroxylation is 1. The molecule has 0 aromatic heterocycles. The standard InChI is InChI=1S/C12H15FO/c1-10(14)4-2-3-5-11-6-8-12(13)9-7-11/h6-9H,2-5H2,1H3. The summed E-state index contributed by atoms with van der Waals surface area (Å²) in [6, 6.07) is 6.53. The number of Topliss-reactive ketones (excluding diaryl/α,β-unsaturated/α-hetero) is 1. The Hall–Kier alpha value is -1.18. The maximum atomic E-state index is 12.5. The number of halogens is 1. The fraction of sp³-hybridized carbons (Fsp3) is 0.417. The SMILES string of the molecule is CC(=O)CCCCc1ccc(F)cc1. The molecule has 0 bridgehead atoms. The second-order valence-corrected chi connectivity index (χ2v) is 3.54. The van der Waals surface area contributed by atoms with Crippen LogP contribution in [-0.2, 0) is 11.2 Å². The Labute approximate surface area is 83.9 Å². The van der Waals surface area contributed by atoms with Crippen molar-refractivity contribution >= 4 is 5.78 Å². The molecule has 0 aliphatic carbocycles. The van der Waals surface area contributed by atoms with Gasteiger partial charge in [0.25, 0.3) is 0 Å². The summed E-state index contributed by atoms with van der Waals surface area (Å²) in [7, 11) is 0. The first-order valence-electron chi connectivity index (χ1n) is 4.92. The van der Waals surface area contributed by atoms with Crippen molar-refractivity contribution in [2.45, 2.75) is 32.6 Å². The molecule has 2 heteroatoms. The minimum atomic E-state index is -0.197. The zero-order chi connectivity index (χ0) is 10.4. The minimum absolute atomic E-state index is 0.197. The number of carbonyl (C=O) groups excluding carboxylic acids is 1. The normalized spacial score (nSPS) is 10.1. The van der Waals surface area contributed by atoms with Crippen molar-refractivity contribution in [3.63, 3.8) is 0 Å². The molecule has 0 N–H and O–H groups in total. The summed E-state index contributed by atoms with van der Waals surface area (Å²) in [5.41, 5.74) is 1.13. The van der Waals surface area contributed by atoms with Crippen LogP contribution in [0, 0.1) is 5.82 Å². The van der Waals surface area contributed by atoms with Crippen molar-refractivity contribution in [1.82, 2.24) is 0 Å².